The van der Waals surface area contributed by atoms with E-state index in [0.29, 0.717) is 5.82 Å². The first-order valence-electron chi connectivity index (χ1n) is 7.56. The lowest BCUT2D eigenvalue weighted by Crippen LogP contribution is -2.16. The van der Waals surface area contributed by atoms with Crippen LogP contribution in [-0.4, -0.2) is 15.9 Å². The number of pyridine rings is 2. The number of aryl methyl sites for hydroxylation is 1. The molecule has 1 aromatic carbocycles. The highest BCUT2D eigenvalue weighted by atomic mass is 79.9. The average Bonchev–Trinajstić information content (AvgIpc) is 3.02. The van der Waals surface area contributed by atoms with Crippen LogP contribution in [0.4, 0.5) is 5.82 Å². The molecule has 0 saturated heterocycles. The molecule has 23 heavy (non-hydrogen) atoms. The highest BCUT2D eigenvalue weighted by molar-refractivity contribution is 9.10. The van der Waals surface area contributed by atoms with Crippen molar-refractivity contribution in [1.29, 1.82) is 0 Å². The molecular formula is C18H14BrN3O. The van der Waals surface area contributed by atoms with Crippen molar-refractivity contribution in [3.8, 4) is 0 Å². The Balaban J connectivity index is 1.81. The van der Waals surface area contributed by atoms with Gasteiger partial charge in [0.15, 0.2) is 0 Å². The van der Waals surface area contributed by atoms with Gasteiger partial charge in [-0.2, -0.15) is 0 Å². The van der Waals surface area contributed by atoms with Crippen LogP contribution < -0.4 is 5.32 Å². The van der Waals surface area contributed by atoms with Crippen molar-refractivity contribution in [1.82, 2.24) is 9.97 Å². The Kier molecular flexibility index (Phi) is 3.58. The number of halogens is 1. The number of carbonyl (C=O) groups is 1. The van der Waals surface area contributed by atoms with Crippen molar-refractivity contribution in [2.24, 2.45) is 0 Å². The normalized spacial score (nSPS) is 13.1. The monoisotopic (exact) mass is 367 g/mol. The Morgan fingerprint density at radius 2 is 2.00 bits per heavy atom. The third kappa shape index (κ3) is 2.61. The molecule has 0 radical (unpaired) electrons. The molecule has 0 spiro atoms. The van der Waals surface area contributed by atoms with Gasteiger partial charge in [-0.15, -0.1) is 0 Å². The summed E-state index contributed by atoms with van der Waals surface area (Å²) in [5.41, 5.74) is 3.76. The van der Waals surface area contributed by atoms with E-state index in [2.05, 4.69) is 26.2 Å². The van der Waals surface area contributed by atoms with Crippen LogP contribution in [0.25, 0.3) is 10.9 Å². The van der Waals surface area contributed by atoms with Gasteiger partial charge in [-0.25, -0.2) is 4.98 Å². The van der Waals surface area contributed by atoms with Crippen LogP contribution in [0.15, 0.2) is 47.1 Å². The van der Waals surface area contributed by atoms with Gasteiger partial charge < -0.3 is 5.32 Å². The van der Waals surface area contributed by atoms with Crippen molar-refractivity contribution < 1.29 is 4.79 Å². The number of aromatic nitrogens is 2. The van der Waals surface area contributed by atoms with Crippen LogP contribution in [-0.2, 0) is 12.8 Å². The molecule has 0 aliphatic heterocycles. The topological polar surface area (TPSA) is 54.9 Å². The Hall–Kier alpha value is -2.27. The molecule has 1 aliphatic rings. The molecule has 1 N–H and O–H groups in total. The number of fused-ring (bicyclic) bond motifs is 2. The molecule has 0 unspecified atom stereocenters. The van der Waals surface area contributed by atoms with E-state index in [1.165, 1.54) is 0 Å². The number of nitrogens with one attached hydrogen (secondary N) is 1. The standard InChI is InChI=1S/C18H14BrN3O/c19-11-8-9-16(20-10-11)22-18(23)17-12-4-1-2-6-14(12)21-15-7-3-5-13(15)17/h1-2,4,6,8-10H,3,5,7H2,(H,20,22,23). The van der Waals surface area contributed by atoms with Crippen LogP contribution in [0.3, 0.4) is 0 Å². The highest BCUT2D eigenvalue weighted by Crippen LogP contribution is 2.30. The summed E-state index contributed by atoms with van der Waals surface area (Å²) in [6.07, 6.45) is 4.57. The molecule has 4 rings (SSSR count). The van der Waals surface area contributed by atoms with Crippen LogP contribution in [0.2, 0.25) is 0 Å². The van der Waals surface area contributed by atoms with Crippen LogP contribution in [0.1, 0.15) is 28.0 Å². The highest BCUT2D eigenvalue weighted by Gasteiger charge is 2.23. The number of anilines is 1. The van der Waals surface area contributed by atoms with Gasteiger partial charge in [-0.05, 0) is 59.0 Å². The minimum Gasteiger partial charge on any atom is -0.307 e. The summed E-state index contributed by atoms with van der Waals surface area (Å²) in [6.45, 7) is 0. The molecular weight excluding hydrogens is 354 g/mol. The summed E-state index contributed by atoms with van der Waals surface area (Å²) >= 11 is 3.35. The number of nitrogens with zero attached hydrogens (tertiary/aromatic N) is 2. The first kappa shape index (κ1) is 14.3. The van der Waals surface area contributed by atoms with Crippen molar-refractivity contribution in [2.45, 2.75) is 19.3 Å². The number of para-hydroxylation sites is 1. The third-order valence-corrected chi connectivity index (χ3v) is 4.58. The Morgan fingerprint density at radius 1 is 1.13 bits per heavy atom. The van der Waals surface area contributed by atoms with E-state index in [0.717, 1.165) is 51.5 Å². The van der Waals surface area contributed by atoms with Crippen molar-refractivity contribution in [3.05, 3.63) is 63.9 Å². The maximum Gasteiger partial charge on any atom is 0.257 e. The van der Waals surface area contributed by atoms with Gasteiger partial charge in [0, 0.05) is 21.7 Å². The predicted octanol–water partition coefficient (Wildman–Crippen LogP) is 4.13. The summed E-state index contributed by atoms with van der Waals surface area (Å²) in [7, 11) is 0. The first-order valence-corrected chi connectivity index (χ1v) is 8.35. The molecule has 0 fully saturated rings. The van der Waals surface area contributed by atoms with Gasteiger partial charge in [0.25, 0.3) is 5.91 Å². The largest absolute Gasteiger partial charge is 0.307 e. The molecule has 4 nitrogen and oxygen atoms in total. The van der Waals surface area contributed by atoms with Crippen LogP contribution in [0.5, 0.6) is 0 Å². The minimum absolute atomic E-state index is 0.114. The van der Waals surface area contributed by atoms with E-state index in [9.17, 15) is 4.79 Å². The van der Waals surface area contributed by atoms with E-state index >= 15 is 0 Å². The zero-order chi connectivity index (χ0) is 15.8. The van der Waals surface area contributed by atoms with Crippen LogP contribution >= 0.6 is 15.9 Å². The van der Waals surface area contributed by atoms with E-state index in [1.54, 1.807) is 12.3 Å². The number of hydrogen-bond acceptors (Lipinski definition) is 3. The van der Waals surface area contributed by atoms with Gasteiger partial charge in [-0.3, -0.25) is 9.78 Å². The lowest BCUT2D eigenvalue weighted by atomic mass is 10.0. The molecule has 0 saturated carbocycles. The van der Waals surface area contributed by atoms with Crippen molar-refractivity contribution >= 4 is 38.6 Å². The molecule has 0 atom stereocenters. The smallest absolute Gasteiger partial charge is 0.257 e. The second kappa shape index (κ2) is 5.74. The van der Waals surface area contributed by atoms with Gasteiger partial charge >= 0.3 is 0 Å². The molecule has 5 heteroatoms. The molecule has 1 aliphatic carbocycles. The van der Waals surface area contributed by atoms with Gasteiger partial charge in [0.1, 0.15) is 5.82 Å². The molecule has 1 amide bonds. The number of hydrogen-bond donors (Lipinski definition) is 1. The van der Waals surface area contributed by atoms with Crippen LogP contribution in [0, 0.1) is 0 Å². The number of amides is 1. The van der Waals surface area contributed by atoms with E-state index in [4.69, 9.17) is 4.98 Å². The Morgan fingerprint density at radius 3 is 2.83 bits per heavy atom. The Bertz CT molecular complexity index is 906. The van der Waals surface area contributed by atoms with Gasteiger partial charge in [0.05, 0.1) is 11.1 Å². The fourth-order valence-corrected chi connectivity index (χ4v) is 3.33. The summed E-state index contributed by atoms with van der Waals surface area (Å²) in [5, 5.41) is 3.81. The minimum atomic E-state index is -0.114. The lowest BCUT2D eigenvalue weighted by molar-refractivity contribution is 0.102. The fraction of sp³-hybridized carbons (Fsp3) is 0.167. The zero-order valence-electron chi connectivity index (χ0n) is 12.3. The SMILES string of the molecule is O=C(Nc1ccc(Br)cn1)c1c2c(nc3ccccc13)CCC2. The molecule has 114 valence electrons. The molecule has 3 aromatic rings. The summed E-state index contributed by atoms with van der Waals surface area (Å²) in [6, 6.07) is 11.5. The lowest BCUT2D eigenvalue weighted by Gasteiger charge is -2.12. The quantitative estimate of drug-likeness (QED) is 0.740. The number of rotatable bonds is 2. The summed E-state index contributed by atoms with van der Waals surface area (Å²) in [4.78, 5) is 21.8. The second-order valence-electron chi connectivity index (χ2n) is 5.60. The number of benzene rings is 1. The van der Waals surface area contributed by atoms with E-state index in [1.807, 2.05) is 30.3 Å². The number of carbonyl (C=O) groups excluding carboxylic acids is 1. The third-order valence-electron chi connectivity index (χ3n) is 4.12. The van der Waals surface area contributed by atoms with Crippen molar-refractivity contribution in [3.63, 3.8) is 0 Å². The summed E-state index contributed by atoms with van der Waals surface area (Å²) in [5.74, 6) is 0.433. The second-order valence-corrected chi connectivity index (χ2v) is 6.51. The zero-order valence-corrected chi connectivity index (χ0v) is 13.9. The van der Waals surface area contributed by atoms with E-state index in [-0.39, 0.29) is 5.91 Å². The average molecular weight is 368 g/mol. The van der Waals surface area contributed by atoms with Gasteiger partial charge in [-0.1, -0.05) is 18.2 Å². The maximum atomic E-state index is 12.9. The molecule has 0 bridgehead atoms. The first-order chi connectivity index (χ1) is 11.2. The maximum absolute atomic E-state index is 12.9. The molecule has 2 aromatic heterocycles. The predicted molar refractivity (Wildman–Crippen MR) is 93.7 cm³/mol. The van der Waals surface area contributed by atoms with Gasteiger partial charge in [0.2, 0.25) is 0 Å². The Labute approximate surface area is 142 Å². The summed E-state index contributed by atoms with van der Waals surface area (Å²) < 4.78 is 0.880. The molecule has 2 heterocycles. The van der Waals surface area contributed by atoms with Crippen molar-refractivity contribution in [2.75, 3.05) is 5.32 Å². The fourth-order valence-electron chi connectivity index (χ4n) is 3.10. The van der Waals surface area contributed by atoms with E-state index < -0.39 is 0 Å².